The second-order valence-electron chi connectivity index (χ2n) is 6.35. The molecular weight excluding hydrogens is 254 g/mol. The highest BCUT2D eigenvalue weighted by molar-refractivity contribution is 5.75. The molecule has 1 aliphatic carbocycles. The fraction of sp³-hybridized carbons (Fsp3) is 0.938. The Kier molecular flexibility index (Phi) is 5.44. The van der Waals surface area contributed by atoms with Crippen LogP contribution in [0, 0.1) is 5.92 Å². The van der Waals surface area contributed by atoms with Gasteiger partial charge >= 0.3 is 5.97 Å². The van der Waals surface area contributed by atoms with Crippen LogP contribution in [0.15, 0.2) is 0 Å². The van der Waals surface area contributed by atoms with Gasteiger partial charge in [-0.2, -0.15) is 0 Å². The number of piperidine rings is 1. The highest BCUT2D eigenvalue weighted by atomic mass is 16.5. The number of nitrogens with zero attached hydrogens (tertiary/aromatic N) is 1. The van der Waals surface area contributed by atoms with Crippen molar-refractivity contribution < 1.29 is 14.6 Å². The molecule has 1 saturated heterocycles. The van der Waals surface area contributed by atoms with Crippen molar-refractivity contribution in [3.8, 4) is 0 Å². The van der Waals surface area contributed by atoms with Crippen LogP contribution in [0.5, 0.6) is 0 Å². The van der Waals surface area contributed by atoms with Crippen LogP contribution in [0.25, 0.3) is 0 Å². The third kappa shape index (κ3) is 3.34. The van der Waals surface area contributed by atoms with Crippen LogP contribution in [0.4, 0.5) is 0 Å². The smallest absolute Gasteiger partial charge is 0.323 e. The number of likely N-dealkylation sites (tertiary alicyclic amines) is 1. The van der Waals surface area contributed by atoms with Crippen molar-refractivity contribution in [1.82, 2.24) is 4.90 Å². The van der Waals surface area contributed by atoms with Gasteiger partial charge in [-0.25, -0.2) is 0 Å². The van der Waals surface area contributed by atoms with Gasteiger partial charge in [-0.15, -0.1) is 0 Å². The summed E-state index contributed by atoms with van der Waals surface area (Å²) in [6, 6.07) is -0.119. The Balaban J connectivity index is 2.02. The van der Waals surface area contributed by atoms with Crippen LogP contribution in [-0.4, -0.2) is 47.3 Å². The number of carbonyl (C=O) groups excluding carboxylic acids is 1. The van der Waals surface area contributed by atoms with Gasteiger partial charge in [0.15, 0.2) is 0 Å². The van der Waals surface area contributed by atoms with E-state index >= 15 is 0 Å². The van der Waals surface area contributed by atoms with E-state index in [1.54, 1.807) is 0 Å². The standard InChI is InChI=1S/C16H29NO3/c1-3-7-14(15(18)20-4-2)17-11-10-16(19)9-6-5-8-13(16)12-17/h13-14,19H,3-12H2,1-2H3. The van der Waals surface area contributed by atoms with Gasteiger partial charge in [-0.3, -0.25) is 9.69 Å². The predicted molar refractivity (Wildman–Crippen MR) is 78.4 cm³/mol. The fourth-order valence-electron chi connectivity index (χ4n) is 3.84. The monoisotopic (exact) mass is 283 g/mol. The number of hydrogen-bond acceptors (Lipinski definition) is 4. The predicted octanol–water partition coefficient (Wildman–Crippen LogP) is 2.35. The minimum absolute atomic E-state index is 0.0874. The Morgan fingerprint density at radius 3 is 2.90 bits per heavy atom. The van der Waals surface area contributed by atoms with Crippen LogP contribution >= 0.6 is 0 Å². The van der Waals surface area contributed by atoms with Crippen molar-refractivity contribution >= 4 is 5.97 Å². The first kappa shape index (κ1) is 15.8. The molecule has 0 aromatic rings. The number of hydrogen-bond donors (Lipinski definition) is 1. The molecule has 0 bridgehead atoms. The molecule has 0 amide bonds. The van der Waals surface area contributed by atoms with Gasteiger partial charge in [-0.05, 0) is 32.6 Å². The number of rotatable bonds is 5. The zero-order valence-electron chi connectivity index (χ0n) is 12.9. The highest BCUT2D eigenvalue weighted by Gasteiger charge is 2.44. The quantitative estimate of drug-likeness (QED) is 0.787. The second kappa shape index (κ2) is 6.90. The zero-order chi connectivity index (χ0) is 14.6. The molecule has 20 heavy (non-hydrogen) atoms. The summed E-state index contributed by atoms with van der Waals surface area (Å²) in [6.45, 7) is 6.07. The molecular formula is C16H29NO3. The summed E-state index contributed by atoms with van der Waals surface area (Å²) in [7, 11) is 0. The van der Waals surface area contributed by atoms with Gasteiger partial charge in [0.2, 0.25) is 0 Å². The summed E-state index contributed by atoms with van der Waals surface area (Å²) in [5, 5.41) is 10.7. The molecule has 2 aliphatic rings. The van der Waals surface area contributed by atoms with Crippen molar-refractivity contribution in [2.45, 2.75) is 70.4 Å². The molecule has 1 N–H and O–H groups in total. The lowest BCUT2D eigenvalue weighted by molar-refractivity contribution is -0.155. The third-order valence-corrected chi connectivity index (χ3v) is 5.02. The van der Waals surface area contributed by atoms with Gasteiger partial charge in [0, 0.05) is 19.0 Å². The summed E-state index contributed by atoms with van der Waals surface area (Å²) >= 11 is 0. The van der Waals surface area contributed by atoms with E-state index in [1.165, 1.54) is 6.42 Å². The topological polar surface area (TPSA) is 49.8 Å². The van der Waals surface area contributed by atoms with E-state index in [4.69, 9.17) is 4.74 Å². The summed E-state index contributed by atoms with van der Waals surface area (Å²) < 4.78 is 5.23. The van der Waals surface area contributed by atoms with Crippen LogP contribution in [0.3, 0.4) is 0 Å². The Labute approximate surface area is 122 Å². The van der Waals surface area contributed by atoms with Gasteiger partial charge in [0.05, 0.1) is 12.2 Å². The summed E-state index contributed by atoms with van der Waals surface area (Å²) in [6.07, 6.45) is 7.01. The molecule has 3 atom stereocenters. The maximum atomic E-state index is 12.1. The van der Waals surface area contributed by atoms with Crippen molar-refractivity contribution in [1.29, 1.82) is 0 Å². The van der Waals surface area contributed by atoms with Crippen LogP contribution in [0.2, 0.25) is 0 Å². The minimum atomic E-state index is -0.472. The number of esters is 1. The molecule has 1 aliphatic heterocycles. The van der Waals surface area contributed by atoms with E-state index in [2.05, 4.69) is 11.8 Å². The van der Waals surface area contributed by atoms with Crippen molar-refractivity contribution in [2.75, 3.05) is 19.7 Å². The molecule has 116 valence electrons. The largest absolute Gasteiger partial charge is 0.465 e. The van der Waals surface area contributed by atoms with Crippen LogP contribution in [-0.2, 0) is 9.53 Å². The van der Waals surface area contributed by atoms with E-state index < -0.39 is 5.60 Å². The second-order valence-corrected chi connectivity index (χ2v) is 6.35. The normalized spacial score (nSPS) is 32.5. The molecule has 1 saturated carbocycles. The molecule has 0 aromatic carbocycles. The Morgan fingerprint density at radius 1 is 1.40 bits per heavy atom. The summed E-state index contributed by atoms with van der Waals surface area (Å²) in [5.41, 5.74) is -0.472. The average Bonchev–Trinajstić information content (AvgIpc) is 2.44. The molecule has 4 heteroatoms. The Morgan fingerprint density at radius 2 is 2.20 bits per heavy atom. The number of carbonyl (C=O) groups is 1. The van der Waals surface area contributed by atoms with Crippen molar-refractivity contribution in [3.63, 3.8) is 0 Å². The van der Waals surface area contributed by atoms with Crippen LogP contribution < -0.4 is 0 Å². The molecule has 2 fully saturated rings. The summed E-state index contributed by atoms with van der Waals surface area (Å²) in [4.78, 5) is 14.4. The average molecular weight is 283 g/mol. The van der Waals surface area contributed by atoms with E-state index in [0.717, 1.165) is 51.6 Å². The minimum Gasteiger partial charge on any atom is -0.465 e. The SMILES string of the molecule is CCCC(C(=O)OCC)N1CCC2(O)CCCCC2C1. The Bertz CT molecular complexity index is 334. The maximum Gasteiger partial charge on any atom is 0.323 e. The fourth-order valence-corrected chi connectivity index (χ4v) is 3.84. The molecule has 0 spiro atoms. The van der Waals surface area contributed by atoms with Gasteiger partial charge < -0.3 is 9.84 Å². The first-order chi connectivity index (χ1) is 9.60. The Hall–Kier alpha value is -0.610. The lowest BCUT2D eigenvalue weighted by Gasteiger charge is -2.48. The third-order valence-electron chi connectivity index (χ3n) is 5.02. The highest BCUT2D eigenvalue weighted by Crippen LogP contribution is 2.40. The van der Waals surface area contributed by atoms with E-state index in [0.29, 0.717) is 12.5 Å². The molecule has 3 unspecified atom stereocenters. The molecule has 2 rings (SSSR count). The van der Waals surface area contributed by atoms with Gasteiger partial charge in [-0.1, -0.05) is 26.2 Å². The summed E-state index contributed by atoms with van der Waals surface area (Å²) in [5.74, 6) is 0.245. The van der Waals surface area contributed by atoms with E-state index in [1.807, 2.05) is 6.92 Å². The van der Waals surface area contributed by atoms with Gasteiger partial charge in [0.1, 0.15) is 6.04 Å². The van der Waals surface area contributed by atoms with Crippen LogP contribution in [0.1, 0.15) is 58.8 Å². The molecule has 1 heterocycles. The van der Waals surface area contributed by atoms with Gasteiger partial charge in [0.25, 0.3) is 0 Å². The first-order valence-electron chi connectivity index (χ1n) is 8.23. The number of ether oxygens (including phenoxy) is 1. The molecule has 0 aromatic heterocycles. The molecule has 0 radical (unpaired) electrons. The zero-order valence-corrected chi connectivity index (χ0v) is 12.9. The van der Waals surface area contributed by atoms with E-state index in [-0.39, 0.29) is 12.0 Å². The first-order valence-corrected chi connectivity index (χ1v) is 8.23. The lowest BCUT2D eigenvalue weighted by atomic mass is 9.71. The maximum absolute atomic E-state index is 12.1. The lowest BCUT2D eigenvalue weighted by Crippen LogP contribution is -2.57. The number of fused-ring (bicyclic) bond motifs is 1. The van der Waals surface area contributed by atoms with Crippen molar-refractivity contribution in [2.24, 2.45) is 5.92 Å². The van der Waals surface area contributed by atoms with Crippen molar-refractivity contribution in [3.05, 3.63) is 0 Å². The molecule has 4 nitrogen and oxygen atoms in total. The number of aliphatic hydroxyl groups is 1. The van der Waals surface area contributed by atoms with E-state index in [9.17, 15) is 9.90 Å².